The molecule has 5 heteroatoms. The number of amides is 2. The first-order valence-electron chi connectivity index (χ1n) is 9.99. The molecule has 3 N–H and O–H groups in total. The summed E-state index contributed by atoms with van der Waals surface area (Å²) in [6.07, 6.45) is 18.9. The third-order valence-corrected chi connectivity index (χ3v) is 4.55. The summed E-state index contributed by atoms with van der Waals surface area (Å²) in [7, 11) is 0. The van der Waals surface area contributed by atoms with Crippen molar-refractivity contribution in [3.8, 4) is 0 Å². The largest absolute Gasteiger partial charge is 0.369 e. The molecule has 5 nitrogen and oxygen atoms in total. The van der Waals surface area contributed by atoms with Crippen molar-refractivity contribution in [2.24, 2.45) is 5.73 Å². The van der Waals surface area contributed by atoms with E-state index in [1.54, 1.807) is 0 Å². The second-order valence-electron chi connectivity index (χ2n) is 6.97. The molecule has 25 heavy (non-hydrogen) atoms. The smallest absolute Gasteiger partial charge is 0.236 e. The van der Waals surface area contributed by atoms with Crippen LogP contribution in [0.3, 0.4) is 0 Å². The minimum atomic E-state index is -0.498. The third kappa shape index (κ3) is 12.6. The molecule has 0 aliphatic carbocycles. The molecule has 1 saturated heterocycles. The number of rotatable bonds is 16. The Labute approximate surface area is 152 Å². The summed E-state index contributed by atoms with van der Waals surface area (Å²) < 4.78 is 5.68. The van der Waals surface area contributed by atoms with Gasteiger partial charge in [0.05, 0.1) is 18.8 Å². The van der Waals surface area contributed by atoms with Crippen molar-refractivity contribution in [3.63, 3.8) is 0 Å². The number of unbranched alkanes of at least 4 members (excludes halogenated alkanes) is 7. The van der Waals surface area contributed by atoms with E-state index in [1.165, 1.54) is 38.5 Å². The van der Waals surface area contributed by atoms with Gasteiger partial charge in [0.2, 0.25) is 11.8 Å². The van der Waals surface area contributed by atoms with Gasteiger partial charge in [-0.2, -0.15) is 0 Å². The van der Waals surface area contributed by atoms with Crippen molar-refractivity contribution >= 4 is 11.8 Å². The van der Waals surface area contributed by atoms with Crippen LogP contribution in [0.25, 0.3) is 0 Å². The lowest BCUT2D eigenvalue weighted by Crippen LogP contribution is -2.33. The summed E-state index contributed by atoms with van der Waals surface area (Å²) in [6.45, 7) is 2.17. The fourth-order valence-corrected chi connectivity index (χ4v) is 2.94. The molecule has 1 aliphatic heterocycles. The Kier molecular flexibility index (Phi) is 12.0. The zero-order chi connectivity index (χ0) is 18.3. The number of nitrogens with two attached hydrogens (primary N) is 1. The molecule has 1 heterocycles. The van der Waals surface area contributed by atoms with Crippen molar-refractivity contribution in [3.05, 3.63) is 12.2 Å². The van der Waals surface area contributed by atoms with Gasteiger partial charge < -0.3 is 15.8 Å². The Morgan fingerprint density at radius 1 is 1.00 bits per heavy atom. The highest BCUT2D eigenvalue weighted by Crippen LogP contribution is 2.30. The molecule has 0 saturated carbocycles. The van der Waals surface area contributed by atoms with Crippen LogP contribution in [-0.2, 0) is 14.3 Å². The molecule has 1 aliphatic rings. The quantitative estimate of drug-likeness (QED) is 0.253. The van der Waals surface area contributed by atoms with Gasteiger partial charge >= 0.3 is 0 Å². The maximum absolute atomic E-state index is 11.4. The van der Waals surface area contributed by atoms with Gasteiger partial charge in [0, 0.05) is 6.42 Å². The van der Waals surface area contributed by atoms with Gasteiger partial charge in [0.15, 0.2) is 0 Å². The van der Waals surface area contributed by atoms with Crippen LogP contribution in [0.5, 0.6) is 0 Å². The van der Waals surface area contributed by atoms with Gasteiger partial charge in [0.1, 0.15) is 0 Å². The fourth-order valence-electron chi connectivity index (χ4n) is 2.94. The van der Waals surface area contributed by atoms with Crippen LogP contribution in [0.2, 0.25) is 0 Å². The zero-order valence-corrected chi connectivity index (χ0v) is 15.8. The van der Waals surface area contributed by atoms with Crippen molar-refractivity contribution in [2.45, 2.75) is 96.2 Å². The van der Waals surface area contributed by atoms with E-state index >= 15 is 0 Å². The van der Waals surface area contributed by atoms with Crippen molar-refractivity contribution < 1.29 is 14.3 Å². The first-order chi connectivity index (χ1) is 12.1. The van der Waals surface area contributed by atoms with Crippen molar-refractivity contribution in [2.75, 3.05) is 6.54 Å². The van der Waals surface area contributed by atoms with Crippen LogP contribution in [0.4, 0.5) is 0 Å². The number of hydrogen-bond acceptors (Lipinski definition) is 3. The summed E-state index contributed by atoms with van der Waals surface area (Å²) in [5.74, 6) is -0.585. The highest BCUT2D eigenvalue weighted by molar-refractivity contribution is 5.83. The van der Waals surface area contributed by atoms with Gasteiger partial charge in [-0.25, -0.2) is 0 Å². The van der Waals surface area contributed by atoms with Crippen LogP contribution in [-0.4, -0.2) is 30.6 Å². The van der Waals surface area contributed by atoms with E-state index in [9.17, 15) is 9.59 Å². The number of carbonyl (C=O) groups excluding carboxylic acids is 2. The molecule has 2 atom stereocenters. The van der Waals surface area contributed by atoms with Crippen LogP contribution in [0.1, 0.15) is 84.0 Å². The fraction of sp³-hybridized carbons (Fsp3) is 0.800. The standard InChI is InChI=1S/C20H36N2O3/c1-2-3-10-13-17-18(25-17)14-11-8-6-4-5-7-9-12-15-20(24)22-16-19(21)23/h8,11,17-18H,2-7,9-10,12-16H2,1H3,(H2,21,23)(H,22,24). The molecular weight excluding hydrogens is 316 g/mol. The number of ether oxygens (including phenoxy) is 1. The first-order valence-corrected chi connectivity index (χ1v) is 9.99. The topological polar surface area (TPSA) is 84.7 Å². The molecule has 0 radical (unpaired) electrons. The van der Waals surface area contributed by atoms with Crippen LogP contribution in [0, 0.1) is 0 Å². The highest BCUT2D eigenvalue weighted by atomic mass is 16.6. The molecule has 0 spiro atoms. The monoisotopic (exact) mass is 352 g/mol. The number of nitrogens with one attached hydrogen (secondary N) is 1. The maximum atomic E-state index is 11.4. The average molecular weight is 353 g/mol. The Morgan fingerprint density at radius 2 is 1.76 bits per heavy atom. The summed E-state index contributed by atoms with van der Waals surface area (Å²) in [5, 5.41) is 2.51. The Balaban J connectivity index is 1.81. The molecular formula is C20H36N2O3. The minimum Gasteiger partial charge on any atom is -0.369 e. The minimum absolute atomic E-state index is 0.0590. The van der Waals surface area contributed by atoms with E-state index in [0.717, 1.165) is 32.1 Å². The third-order valence-electron chi connectivity index (χ3n) is 4.55. The SMILES string of the molecule is CCCCCC1OC1CC=CCCCCCCCC(=O)NCC(N)=O. The summed E-state index contributed by atoms with van der Waals surface area (Å²) >= 11 is 0. The number of epoxide rings is 1. The molecule has 0 bridgehead atoms. The molecule has 2 amide bonds. The van der Waals surface area contributed by atoms with Gasteiger partial charge in [0.25, 0.3) is 0 Å². The normalized spacial score (nSPS) is 19.2. The lowest BCUT2D eigenvalue weighted by molar-refractivity contribution is -0.124. The van der Waals surface area contributed by atoms with Crippen LogP contribution >= 0.6 is 0 Å². The Hall–Kier alpha value is -1.36. The number of primary amides is 1. The molecule has 144 valence electrons. The van der Waals surface area contributed by atoms with Crippen molar-refractivity contribution in [1.82, 2.24) is 5.32 Å². The molecule has 2 unspecified atom stereocenters. The Bertz CT molecular complexity index is 410. The van der Waals surface area contributed by atoms with E-state index in [2.05, 4.69) is 24.4 Å². The van der Waals surface area contributed by atoms with Gasteiger partial charge in [-0.3, -0.25) is 9.59 Å². The van der Waals surface area contributed by atoms with Crippen LogP contribution in [0.15, 0.2) is 12.2 Å². The molecule has 1 rings (SSSR count). The van der Waals surface area contributed by atoms with Crippen molar-refractivity contribution in [1.29, 1.82) is 0 Å². The average Bonchev–Trinajstić information content (AvgIpc) is 3.33. The van der Waals surface area contributed by atoms with E-state index in [-0.39, 0.29) is 12.5 Å². The van der Waals surface area contributed by atoms with Crippen LogP contribution < -0.4 is 11.1 Å². The predicted molar refractivity (Wildman–Crippen MR) is 101 cm³/mol. The lowest BCUT2D eigenvalue weighted by Gasteiger charge is -2.02. The first kappa shape index (κ1) is 21.7. The molecule has 0 aromatic rings. The van der Waals surface area contributed by atoms with Gasteiger partial charge in [-0.15, -0.1) is 0 Å². The second-order valence-corrected chi connectivity index (χ2v) is 6.97. The second kappa shape index (κ2) is 13.9. The summed E-state index contributed by atoms with van der Waals surface area (Å²) in [4.78, 5) is 21.9. The van der Waals surface area contributed by atoms with Gasteiger partial charge in [-0.05, 0) is 32.1 Å². The maximum Gasteiger partial charge on any atom is 0.236 e. The molecule has 0 aromatic carbocycles. The number of carbonyl (C=O) groups is 2. The molecule has 1 fully saturated rings. The molecule has 0 aromatic heterocycles. The number of hydrogen-bond donors (Lipinski definition) is 2. The van der Waals surface area contributed by atoms with E-state index < -0.39 is 5.91 Å². The Morgan fingerprint density at radius 3 is 2.52 bits per heavy atom. The van der Waals surface area contributed by atoms with E-state index in [0.29, 0.717) is 18.6 Å². The summed E-state index contributed by atoms with van der Waals surface area (Å²) in [5.41, 5.74) is 4.97. The van der Waals surface area contributed by atoms with E-state index in [1.807, 2.05) is 0 Å². The lowest BCUT2D eigenvalue weighted by atomic mass is 10.1. The van der Waals surface area contributed by atoms with Gasteiger partial charge in [-0.1, -0.05) is 57.6 Å². The number of allylic oxidation sites excluding steroid dienone is 1. The zero-order valence-electron chi connectivity index (χ0n) is 15.8. The predicted octanol–water partition coefficient (Wildman–Crippen LogP) is 3.61. The highest BCUT2D eigenvalue weighted by Gasteiger charge is 2.36. The summed E-state index contributed by atoms with van der Waals surface area (Å²) in [6, 6.07) is 0. The van der Waals surface area contributed by atoms with E-state index in [4.69, 9.17) is 10.5 Å².